The van der Waals surface area contributed by atoms with E-state index in [4.69, 9.17) is 0 Å². The third-order valence-electron chi connectivity index (χ3n) is 4.99. The van der Waals surface area contributed by atoms with Gasteiger partial charge in [0.1, 0.15) is 12.4 Å². The Morgan fingerprint density at radius 3 is 2.48 bits per heavy atom. The third-order valence-corrected chi connectivity index (χ3v) is 4.99. The molecule has 7 heteroatoms. The van der Waals surface area contributed by atoms with Crippen LogP contribution in [0.3, 0.4) is 0 Å². The average molecular weight is 344 g/mol. The van der Waals surface area contributed by atoms with Crippen molar-refractivity contribution in [2.24, 2.45) is 11.8 Å². The van der Waals surface area contributed by atoms with Gasteiger partial charge in [0.05, 0.1) is 11.8 Å². The molecule has 0 spiro atoms. The van der Waals surface area contributed by atoms with Crippen LogP contribution in [0.25, 0.3) is 0 Å². The zero-order chi connectivity index (χ0) is 18.0. The van der Waals surface area contributed by atoms with E-state index < -0.39 is 0 Å². The Hall–Kier alpha value is -2.44. The van der Waals surface area contributed by atoms with Crippen LogP contribution >= 0.6 is 0 Å². The van der Waals surface area contributed by atoms with Crippen molar-refractivity contribution in [3.63, 3.8) is 0 Å². The summed E-state index contributed by atoms with van der Waals surface area (Å²) in [5.74, 6) is -0.287. The van der Waals surface area contributed by atoms with Crippen molar-refractivity contribution in [1.82, 2.24) is 15.2 Å². The first-order valence-corrected chi connectivity index (χ1v) is 8.71. The van der Waals surface area contributed by atoms with E-state index in [1.54, 1.807) is 6.20 Å². The van der Waals surface area contributed by atoms with Gasteiger partial charge in [-0.05, 0) is 30.5 Å². The van der Waals surface area contributed by atoms with Gasteiger partial charge in [0.15, 0.2) is 0 Å². The standard InChI is InChI=1S/C18H24N4O3/c1-21(2)15-9-12(7-8-19-15)10-20-16(23)11-22-17(24)13-5-3-4-6-14(13)18(22)25/h7-9,13-14H,3-6,10-11H2,1-2H3,(H,20,23)/t13-,14-/m1/s1. The van der Waals surface area contributed by atoms with Gasteiger partial charge in [0, 0.05) is 26.8 Å². The number of carbonyl (C=O) groups is 3. The molecule has 0 radical (unpaired) electrons. The van der Waals surface area contributed by atoms with Gasteiger partial charge in [-0.2, -0.15) is 0 Å². The first kappa shape index (κ1) is 17.4. The van der Waals surface area contributed by atoms with Crippen LogP contribution in [0.4, 0.5) is 5.82 Å². The van der Waals surface area contributed by atoms with Crippen molar-refractivity contribution in [3.8, 4) is 0 Å². The number of nitrogens with one attached hydrogen (secondary N) is 1. The van der Waals surface area contributed by atoms with Crippen molar-refractivity contribution in [3.05, 3.63) is 23.9 Å². The van der Waals surface area contributed by atoms with Crippen LogP contribution in [0.5, 0.6) is 0 Å². The van der Waals surface area contributed by atoms with E-state index in [1.807, 2.05) is 31.1 Å². The summed E-state index contributed by atoms with van der Waals surface area (Å²) in [6, 6.07) is 3.72. The van der Waals surface area contributed by atoms with Crippen molar-refractivity contribution in [2.45, 2.75) is 32.2 Å². The smallest absolute Gasteiger partial charge is 0.240 e. The molecule has 2 atom stereocenters. The first-order valence-electron chi connectivity index (χ1n) is 8.71. The highest BCUT2D eigenvalue weighted by molar-refractivity contribution is 6.07. The van der Waals surface area contributed by atoms with Gasteiger partial charge in [0.2, 0.25) is 17.7 Å². The molecule has 1 aromatic rings. The number of fused-ring (bicyclic) bond motifs is 1. The minimum Gasteiger partial charge on any atom is -0.363 e. The van der Waals surface area contributed by atoms with Gasteiger partial charge in [-0.15, -0.1) is 0 Å². The summed E-state index contributed by atoms with van der Waals surface area (Å²) in [5, 5.41) is 2.78. The second-order valence-electron chi connectivity index (χ2n) is 6.95. The summed E-state index contributed by atoms with van der Waals surface area (Å²) < 4.78 is 0. The van der Waals surface area contributed by atoms with Crippen LogP contribution in [-0.4, -0.2) is 48.2 Å². The number of anilines is 1. The van der Waals surface area contributed by atoms with Crippen LogP contribution in [0.15, 0.2) is 18.3 Å². The molecule has 2 heterocycles. The molecule has 1 aliphatic carbocycles. The van der Waals surface area contributed by atoms with Crippen LogP contribution in [0.2, 0.25) is 0 Å². The van der Waals surface area contributed by atoms with Gasteiger partial charge in [-0.3, -0.25) is 19.3 Å². The number of imide groups is 1. The maximum Gasteiger partial charge on any atom is 0.240 e. The monoisotopic (exact) mass is 344 g/mol. The quantitative estimate of drug-likeness (QED) is 0.804. The number of carbonyl (C=O) groups excluding carboxylic acids is 3. The number of pyridine rings is 1. The Labute approximate surface area is 147 Å². The molecule has 2 aliphatic rings. The van der Waals surface area contributed by atoms with Gasteiger partial charge in [0.25, 0.3) is 0 Å². The molecule has 1 N–H and O–H groups in total. The van der Waals surface area contributed by atoms with Crippen LogP contribution < -0.4 is 10.2 Å². The number of amides is 3. The number of likely N-dealkylation sites (tertiary alicyclic amines) is 1. The summed E-state index contributed by atoms with van der Waals surface area (Å²) in [6.07, 6.45) is 5.18. The largest absolute Gasteiger partial charge is 0.363 e. The predicted octanol–water partition coefficient (Wildman–Crippen LogP) is 0.939. The van der Waals surface area contributed by atoms with E-state index in [0.29, 0.717) is 6.54 Å². The lowest BCUT2D eigenvalue weighted by atomic mass is 9.81. The molecule has 2 fully saturated rings. The maximum absolute atomic E-state index is 12.4. The topological polar surface area (TPSA) is 82.6 Å². The SMILES string of the molecule is CN(C)c1cc(CNC(=O)CN2C(=O)[C@@H]3CCCC[C@H]3C2=O)ccn1. The molecule has 1 saturated heterocycles. The zero-order valence-electron chi connectivity index (χ0n) is 14.7. The fourth-order valence-electron chi connectivity index (χ4n) is 3.60. The highest BCUT2D eigenvalue weighted by Crippen LogP contribution is 2.37. The molecular weight excluding hydrogens is 320 g/mol. The van der Waals surface area contributed by atoms with Gasteiger partial charge in [-0.1, -0.05) is 12.8 Å². The number of hydrogen-bond acceptors (Lipinski definition) is 5. The molecule has 1 aliphatic heterocycles. The van der Waals surface area contributed by atoms with E-state index >= 15 is 0 Å². The van der Waals surface area contributed by atoms with Crippen molar-refractivity contribution < 1.29 is 14.4 Å². The van der Waals surface area contributed by atoms with Gasteiger partial charge < -0.3 is 10.2 Å². The van der Waals surface area contributed by atoms with Crippen LogP contribution in [-0.2, 0) is 20.9 Å². The summed E-state index contributed by atoms with van der Waals surface area (Å²) in [5.41, 5.74) is 0.916. The van der Waals surface area contributed by atoms with E-state index in [2.05, 4.69) is 10.3 Å². The summed E-state index contributed by atoms with van der Waals surface area (Å²) >= 11 is 0. The Morgan fingerprint density at radius 1 is 1.24 bits per heavy atom. The van der Waals surface area contributed by atoms with Gasteiger partial charge in [-0.25, -0.2) is 4.98 Å². The molecule has 0 aromatic carbocycles. The van der Waals surface area contributed by atoms with Crippen molar-refractivity contribution >= 4 is 23.5 Å². The Kier molecular flexibility index (Phi) is 5.01. The number of nitrogens with zero attached hydrogens (tertiary/aromatic N) is 3. The van der Waals surface area contributed by atoms with Crippen LogP contribution in [0.1, 0.15) is 31.2 Å². The lowest BCUT2D eigenvalue weighted by Gasteiger charge is -2.19. The third kappa shape index (κ3) is 3.65. The maximum atomic E-state index is 12.4. The summed E-state index contributed by atoms with van der Waals surface area (Å²) in [4.78, 5) is 44.2. The lowest BCUT2D eigenvalue weighted by Crippen LogP contribution is -2.40. The average Bonchev–Trinajstić information content (AvgIpc) is 2.85. The van der Waals surface area contributed by atoms with E-state index in [0.717, 1.165) is 42.0 Å². The highest BCUT2D eigenvalue weighted by Gasteiger charge is 2.48. The minimum atomic E-state index is -0.316. The lowest BCUT2D eigenvalue weighted by molar-refractivity contribution is -0.143. The fraction of sp³-hybridized carbons (Fsp3) is 0.556. The van der Waals surface area contributed by atoms with E-state index in [1.165, 1.54) is 0 Å². The molecule has 0 bridgehead atoms. The fourth-order valence-corrected chi connectivity index (χ4v) is 3.60. The minimum absolute atomic E-state index is 0.177. The van der Waals surface area contributed by atoms with Crippen molar-refractivity contribution in [1.29, 1.82) is 0 Å². The van der Waals surface area contributed by atoms with E-state index in [9.17, 15) is 14.4 Å². The zero-order valence-corrected chi connectivity index (χ0v) is 14.7. The van der Waals surface area contributed by atoms with Crippen molar-refractivity contribution in [2.75, 3.05) is 25.5 Å². The molecule has 1 aromatic heterocycles. The van der Waals surface area contributed by atoms with Crippen LogP contribution in [0, 0.1) is 11.8 Å². The van der Waals surface area contributed by atoms with Gasteiger partial charge >= 0.3 is 0 Å². The highest BCUT2D eigenvalue weighted by atomic mass is 16.2. The second-order valence-corrected chi connectivity index (χ2v) is 6.95. The molecule has 25 heavy (non-hydrogen) atoms. The number of aromatic nitrogens is 1. The molecule has 7 nitrogen and oxygen atoms in total. The Morgan fingerprint density at radius 2 is 1.88 bits per heavy atom. The normalized spacial score (nSPS) is 22.7. The number of hydrogen-bond donors (Lipinski definition) is 1. The predicted molar refractivity (Wildman–Crippen MR) is 92.6 cm³/mol. The second kappa shape index (κ2) is 7.21. The summed E-state index contributed by atoms with van der Waals surface area (Å²) in [7, 11) is 3.80. The number of rotatable bonds is 5. The summed E-state index contributed by atoms with van der Waals surface area (Å²) in [6.45, 7) is 0.154. The molecule has 1 saturated carbocycles. The molecular formula is C18H24N4O3. The molecule has 3 rings (SSSR count). The van der Waals surface area contributed by atoms with E-state index in [-0.39, 0.29) is 36.1 Å². The molecule has 0 unspecified atom stereocenters. The Bertz CT molecular complexity index is 665. The molecule has 134 valence electrons. The Balaban J connectivity index is 1.57. The first-order chi connectivity index (χ1) is 12.0. The molecule has 3 amide bonds.